The minimum atomic E-state index is -1.47. The number of nitrogens with one attached hydrogen (secondary N) is 1. The number of carbonyl (C=O) groups excluding carboxylic acids is 4. The van der Waals surface area contributed by atoms with Gasteiger partial charge in [0.05, 0.1) is 7.11 Å². The minimum Gasteiger partial charge on any atom is -0.508 e. The lowest BCUT2D eigenvalue weighted by molar-refractivity contribution is -0.157. The van der Waals surface area contributed by atoms with E-state index in [1.54, 1.807) is 30.3 Å². The van der Waals surface area contributed by atoms with Crippen molar-refractivity contribution in [2.45, 2.75) is 44.9 Å². The van der Waals surface area contributed by atoms with Gasteiger partial charge < -0.3 is 15.2 Å². The normalized spacial score (nSPS) is 30.5. The number of benzene rings is 2. The number of amides is 1. The Kier molecular flexibility index (Phi) is 5.97. The molecule has 2 aromatic carbocycles. The van der Waals surface area contributed by atoms with Gasteiger partial charge in [0.15, 0.2) is 12.1 Å². The summed E-state index contributed by atoms with van der Waals surface area (Å²) < 4.78 is 5.15. The first-order valence-electron chi connectivity index (χ1n) is 12.5. The highest BCUT2D eigenvalue weighted by Crippen LogP contribution is 2.63. The number of aromatic hydroxyl groups is 1. The Morgan fingerprint density at radius 3 is 2.72 bits per heavy atom. The van der Waals surface area contributed by atoms with E-state index < -0.39 is 22.7 Å². The molecule has 5 atom stereocenters. The van der Waals surface area contributed by atoms with Crippen molar-refractivity contribution >= 4 is 23.9 Å². The maximum atomic E-state index is 14.1. The van der Waals surface area contributed by atoms with E-state index in [-0.39, 0.29) is 47.0 Å². The maximum Gasteiger partial charge on any atom is 0.321 e. The molecule has 36 heavy (non-hydrogen) atoms. The van der Waals surface area contributed by atoms with Gasteiger partial charge in [-0.3, -0.25) is 19.2 Å². The molecule has 2 N–H and O–H groups in total. The molecule has 2 saturated carbocycles. The molecule has 3 aliphatic carbocycles. The second-order valence-electron chi connectivity index (χ2n) is 10.7. The molecule has 0 heterocycles. The Morgan fingerprint density at radius 2 is 1.97 bits per heavy atom. The van der Waals surface area contributed by atoms with Gasteiger partial charge in [-0.15, -0.1) is 0 Å². The molecule has 0 saturated heterocycles. The van der Waals surface area contributed by atoms with E-state index in [1.165, 1.54) is 12.7 Å². The zero-order chi connectivity index (χ0) is 25.7. The number of hydrogen-bond donors (Lipinski definition) is 2. The standard InChI is InChI=1S/C29H31NO6/c1-28-12-11-22-20-10-8-19(32)13-17(20)7-9-23(22)24(28)14-29(26(28)34,27(35)36-2)16-30-25(33)21-6-4-3-5-18(21)15-31/h3-6,8,10,13,15,22-24,32H,7,9,11-12,14,16H2,1-2H3,(H,30,33)/t22?,23?,24?,28-,29?/m0/s1. The van der Waals surface area contributed by atoms with Crippen molar-refractivity contribution < 1.29 is 29.0 Å². The molecule has 4 unspecified atom stereocenters. The molecule has 5 rings (SSSR count). The monoisotopic (exact) mass is 489 g/mol. The average molecular weight is 490 g/mol. The molecule has 0 radical (unpaired) electrons. The first kappa shape index (κ1) is 24.2. The summed E-state index contributed by atoms with van der Waals surface area (Å²) in [6.07, 6.45) is 4.11. The predicted octanol–water partition coefficient (Wildman–Crippen LogP) is 3.83. The van der Waals surface area contributed by atoms with E-state index in [2.05, 4.69) is 5.32 Å². The summed E-state index contributed by atoms with van der Waals surface area (Å²) in [5, 5.41) is 12.7. The van der Waals surface area contributed by atoms with Crippen molar-refractivity contribution in [3.8, 4) is 5.75 Å². The third-order valence-electron chi connectivity index (χ3n) is 9.08. The number of esters is 1. The molecular weight excluding hydrogens is 458 g/mol. The van der Waals surface area contributed by atoms with Crippen LogP contribution in [0.4, 0.5) is 0 Å². The largest absolute Gasteiger partial charge is 0.508 e. The molecule has 0 aromatic heterocycles. The summed E-state index contributed by atoms with van der Waals surface area (Å²) in [6.45, 7) is 1.80. The van der Waals surface area contributed by atoms with Crippen LogP contribution in [0.25, 0.3) is 0 Å². The Bertz CT molecular complexity index is 1250. The second-order valence-corrected chi connectivity index (χ2v) is 10.7. The number of rotatable bonds is 5. The van der Waals surface area contributed by atoms with Crippen molar-refractivity contribution in [1.82, 2.24) is 5.32 Å². The van der Waals surface area contributed by atoms with Gasteiger partial charge in [0.25, 0.3) is 5.91 Å². The molecular formula is C29H31NO6. The van der Waals surface area contributed by atoms with Crippen LogP contribution in [0.3, 0.4) is 0 Å². The maximum absolute atomic E-state index is 14.1. The molecule has 0 bridgehead atoms. The van der Waals surface area contributed by atoms with Gasteiger partial charge in [-0.2, -0.15) is 0 Å². The number of phenolic OH excluding ortho intramolecular Hbond substituents is 1. The molecule has 0 spiro atoms. The molecule has 3 aliphatic rings. The number of methoxy groups -OCH3 is 1. The highest BCUT2D eigenvalue weighted by Gasteiger charge is 2.67. The predicted molar refractivity (Wildman–Crippen MR) is 132 cm³/mol. The highest BCUT2D eigenvalue weighted by molar-refractivity contribution is 6.09. The van der Waals surface area contributed by atoms with Crippen molar-refractivity contribution in [3.05, 3.63) is 64.7 Å². The number of ketones is 1. The molecule has 1 amide bonds. The van der Waals surface area contributed by atoms with Crippen LogP contribution in [-0.2, 0) is 20.7 Å². The summed E-state index contributed by atoms with van der Waals surface area (Å²) >= 11 is 0. The van der Waals surface area contributed by atoms with E-state index >= 15 is 0 Å². The van der Waals surface area contributed by atoms with Gasteiger partial charge >= 0.3 is 5.97 Å². The lowest BCUT2D eigenvalue weighted by Crippen LogP contribution is -2.49. The van der Waals surface area contributed by atoms with Gasteiger partial charge in [0.2, 0.25) is 0 Å². The number of phenols is 1. The fourth-order valence-electron chi connectivity index (χ4n) is 7.29. The van der Waals surface area contributed by atoms with E-state index in [9.17, 15) is 24.3 Å². The Morgan fingerprint density at radius 1 is 1.19 bits per heavy atom. The van der Waals surface area contributed by atoms with E-state index in [0.29, 0.717) is 19.1 Å². The van der Waals surface area contributed by atoms with Crippen LogP contribution in [0.15, 0.2) is 42.5 Å². The highest BCUT2D eigenvalue weighted by atomic mass is 16.5. The molecule has 188 valence electrons. The summed E-state index contributed by atoms with van der Waals surface area (Å²) in [7, 11) is 1.28. The fraction of sp³-hybridized carbons (Fsp3) is 0.448. The van der Waals surface area contributed by atoms with Crippen molar-refractivity contribution in [1.29, 1.82) is 0 Å². The third kappa shape index (κ3) is 3.55. The average Bonchev–Trinajstić information content (AvgIpc) is 3.13. The van der Waals surface area contributed by atoms with E-state index in [1.807, 2.05) is 19.1 Å². The summed E-state index contributed by atoms with van der Waals surface area (Å²) in [4.78, 5) is 51.7. The number of ether oxygens (including phenoxy) is 1. The van der Waals surface area contributed by atoms with Gasteiger partial charge in [-0.25, -0.2) is 0 Å². The Labute approximate surface area is 210 Å². The van der Waals surface area contributed by atoms with Crippen molar-refractivity contribution in [3.63, 3.8) is 0 Å². The smallest absolute Gasteiger partial charge is 0.321 e. The zero-order valence-electron chi connectivity index (χ0n) is 20.6. The van der Waals surface area contributed by atoms with E-state index in [4.69, 9.17) is 4.74 Å². The zero-order valence-corrected chi connectivity index (χ0v) is 20.6. The number of hydrogen-bond acceptors (Lipinski definition) is 6. The van der Waals surface area contributed by atoms with Crippen molar-refractivity contribution in [2.24, 2.45) is 22.7 Å². The molecule has 0 aliphatic heterocycles. The Balaban J connectivity index is 1.45. The minimum absolute atomic E-state index is 0.0241. The quantitative estimate of drug-likeness (QED) is 0.375. The summed E-state index contributed by atoms with van der Waals surface area (Å²) in [6, 6.07) is 12.0. The molecule has 2 aromatic rings. The number of aryl methyl sites for hydroxylation is 1. The van der Waals surface area contributed by atoms with Gasteiger partial charge in [-0.1, -0.05) is 31.2 Å². The summed E-state index contributed by atoms with van der Waals surface area (Å²) in [5.41, 5.74) is 0.681. The molecule has 7 nitrogen and oxygen atoms in total. The number of carbonyl (C=O) groups is 4. The number of fused-ring (bicyclic) bond motifs is 5. The fourth-order valence-corrected chi connectivity index (χ4v) is 7.29. The number of aldehydes is 1. The third-order valence-corrected chi connectivity index (χ3v) is 9.08. The SMILES string of the molecule is COC(=O)C1(CNC(=O)c2ccccc2C=O)CC2C3CCc4cc(O)ccc4C3CC[C@]2(C)C1=O. The van der Waals surface area contributed by atoms with Crippen LogP contribution in [0.1, 0.15) is 70.4 Å². The van der Waals surface area contributed by atoms with E-state index in [0.717, 1.165) is 24.8 Å². The van der Waals surface area contributed by atoms with Crippen LogP contribution in [0.2, 0.25) is 0 Å². The lowest BCUT2D eigenvalue weighted by Gasteiger charge is -2.48. The van der Waals surface area contributed by atoms with Crippen LogP contribution in [0.5, 0.6) is 5.75 Å². The van der Waals surface area contributed by atoms with Gasteiger partial charge in [-0.05, 0) is 79.2 Å². The van der Waals surface area contributed by atoms with Crippen LogP contribution in [-0.4, -0.2) is 42.7 Å². The first-order valence-corrected chi connectivity index (χ1v) is 12.5. The molecule has 2 fully saturated rings. The lowest BCUT2D eigenvalue weighted by atomic mass is 9.55. The van der Waals surface area contributed by atoms with Crippen LogP contribution < -0.4 is 5.32 Å². The van der Waals surface area contributed by atoms with Crippen molar-refractivity contribution in [2.75, 3.05) is 13.7 Å². The Hall–Kier alpha value is -3.48. The topological polar surface area (TPSA) is 110 Å². The van der Waals surface area contributed by atoms with Gasteiger partial charge in [0.1, 0.15) is 11.2 Å². The second kappa shape index (κ2) is 8.87. The molecule has 7 heteroatoms. The van der Waals surface area contributed by atoms with Crippen LogP contribution >= 0.6 is 0 Å². The van der Waals surface area contributed by atoms with Crippen LogP contribution in [0, 0.1) is 22.7 Å². The number of Topliss-reactive ketones (excluding diaryl/α,β-unsaturated/α-hetero) is 1. The van der Waals surface area contributed by atoms with Gasteiger partial charge in [0, 0.05) is 23.1 Å². The summed E-state index contributed by atoms with van der Waals surface area (Å²) in [5.74, 6) is -0.552. The first-order chi connectivity index (χ1) is 17.2.